The average Bonchev–Trinajstić information content (AvgIpc) is 2.71. The van der Waals surface area contributed by atoms with Gasteiger partial charge in [-0.3, -0.25) is 24.2 Å². The van der Waals surface area contributed by atoms with Crippen molar-refractivity contribution in [2.45, 2.75) is 63.7 Å². The van der Waals surface area contributed by atoms with Crippen molar-refractivity contribution in [3.8, 4) is 0 Å². The molecule has 4 amide bonds. The van der Waals surface area contributed by atoms with Crippen LogP contribution in [-0.4, -0.2) is 77.1 Å². The van der Waals surface area contributed by atoms with Gasteiger partial charge in [0.05, 0.1) is 12.5 Å². The van der Waals surface area contributed by atoms with Crippen LogP contribution >= 0.6 is 12.6 Å². The molecule has 4 unspecified atom stereocenters. The Hall–Kier alpha value is -3.07. The predicted octanol–water partition coefficient (Wildman–Crippen LogP) is -3.24. The molecule has 34 heavy (non-hydrogen) atoms. The van der Waals surface area contributed by atoms with E-state index < -0.39 is 60.2 Å². The number of primary amides is 1. The number of carbonyl (C=O) groups excluding carboxylic acids is 4. The lowest BCUT2D eigenvalue weighted by atomic mass is 10.0. The van der Waals surface area contributed by atoms with Crippen LogP contribution in [0.4, 0.5) is 0 Å². The average molecular weight is 505 g/mol. The molecule has 0 aliphatic heterocycles. The van der Waals surface area contributed by atoms with E-state index >= 15 is 0 Å². The zero-order valence-corrected chi connectivity index (χ0v) is 20.2. The Morgan fingerprint density at radius 3 is 1.91 bits per heavy atom. The Morgan fingerprint density at radius 2 is 1.44 bits per heavy atom. The van der Waals surface area contributed by atoms with Crippen molar-refractivity contribution in [1.82, 2.24) is 16.0 Å². The summed E-state index contributed by atoms with van der Waals surface area (Å²) in [6.07, 6.45) is 0.0156. The van der Waals surface area contributed by atoms with Crippen LogP contribution in [-0.2, 0) is 24.0 Å². The van der Waals surface area contributed by atoms with Gasteiger partial charge >= 0.3 is 5.97 Å². The van der Waals surface area contributed by atoms with Crippen LogP contribution in [0.1, 0.15) is 39.5 Å². The number of hydrogen-bond acceptors (Lipinski definition) is 8. The van der Waals surface area contributed by atoms with Crippen LogP contribution in [0.5, 0.6) is 0 Å². The summed E-state index contributed by atoms with van der Waals surface area (Å²) in [5.41, 5.74) is 21.4. The predicted molar refractivity (Wildman–Crippen MR) is 128 cm³/mol. The first-order chi connectivity index (χ1) is 15.8. The number of aliphatic carboxylic acids is 1. The molecule has 0 aliphatic rings. The zero-order valence-electron chi connectivity index (χ0n) is 19.3. The highest BCUT2D eigenvalue weighted by Crippen LogP contribution is 2.05. The van der Waals surface area contributed by atoms with Crippen LogP contribution in [0.2, 0.25) is 0 Å². The van der Waals surface area contributed by atoms with Crippen molar-refractivity contribution in [1.29, 1.82) is 0 Å². The van der Waals surface area contributed by atoms with Crippen LogP contribution in [0, 0.1) is 5.92 Å². The molecule has 0 aromatic rings. The van der Waals surface area contributed by atoms with Crippen molar-refractivity contribution >= 4 is 48.2 Å². The minimum atomic E-state index is -1.48. The Balaban J connectivity index is 5.25. The van der Waals surface area contributed by atoms with Gasteiger partial charge in [-0.05, 0) is 25.2 Å². The van der Waals surface area contributed by atoms with Crippen molar-refractivity contribution in [2.24, 2.45) is 33.8 Å². The summed E-state index contributed by atoms with van der Waals surface area (Å²) in [5, 5.41) is 16.4. The first kappa shape index (κ1) is 30.9. The first-order valence-corrected chi connectivity index (χ1v) is 11.3. The van der Waals surface area contributed by atoms with Gasteiger partial charge in [0.1, 0.15) is 18.1 Å². The Labute approximate surface area is 203 Å². The molecule has 0 spiro atoms. The summed E-state index contributed by atoms with van der Waals surface area (Å²) in [5.74, 6) is -4.72. The van der Waals surface area contributed by atoms with Gasteiger partial charge in [-0.15, -0.1) is 0 Å². The molecule has 14 nitrogen and oxygen atoms in total. The number of nitrogens with zero attached hydrogens (tertiary/aromatic N) is 1. The number of hydrogen-bond donors (Lipinski definition) is 9. The fraction of sp³-hybridized carbons (Fsp3) is 0.684. The lowest BCUT2D eigenvalue weighted by Gasteiger charge is -2.24. The Morgan fingerprint density at radius 1 is 0.912 bits per heavy atom. The highest BCUT2D eigenvalue weighted by atomic mass is 32.1. The molecule has 0 heterocycles. The van der Waals surface area contributed by atoms with Gasteiger partial charge < -0.3 is 44.0 Å². The van der Waals surface area contributed by atoms with Crippen LogP contribution in [0.3, 0.4) is 0 Å². The topological polar surface area (TPSA) is 258 Å². The molecular formula is C19H36N8O6S. The number of amides is 4. The van der Waals surface area contributed by atoms with E-state index in [-0.39, 0.29) is 37.0 Å². The maximum Gasteiger partial charge on any atom is 0.326 e. The summed E-state index contributed by atoms with van der Waals surface area (Å²) >= 11 is 4.04. The molecule has 0 rings (SSSR count). The Kier molecular flexibility index (Phi) is 14.3. The fourth-order valence-corrected chi connectivity index (χ4v) is 3.06. The van der Waals surface area contributed by atoms with E-state index in [0.29, 0.717) is 6.42 Å². The number of aliphatic imine (C=N–C) groups is 1. The molecule has 4 atom stereocenters. The lowest BCUT2D eigenvalue weighted by molar-refractivity contribution is -0.142. The molecule has 0 saturated carbocycles. The smallest absolute Gasteiger partial charge is 0.326 e. The molecule has 194 valence electrons. The highest BCUT2D eigenvalue weighted by molar-refractivity contribution is 7.80. The number of nitrogens with one attached hydrogen (secondary N) is 3. The van der Waals surface area contributed by atoms with E-state index in [1.165, 1.54) is 0 Å². The molecular weight excluding hydrogens is 468 g/mol. The first-order valence-electron chi connectivity index (χ1n) is 10.6. The normalized spacial score (nSPS) is 14.3. The number of carboxylic acids is 1. The van der Waals surface area contributed by atoms with Gasteiger partial charge in [0.25, 0.3) is 0 Å². The number of nitrogens with two attached hydrogens (primary N) is 4. The third kappa shape index (κ3) is 12.8. The lowest BCUT2D eigenvalue weighted by Crippen LogP contribution is -2.58. The van der Waals surface area contributed by atoms with E-state index in [2.05, 4.69) is 33.6 Å². The summed E-state index contributed by atoms with van der Waals surface area (Å²) < 4.78 is 0. The number of guanidine groups is 1. The summed E-state index contributed by atoms with van der Waals surface area (Å²) in [6.45, 7) is 3.91. The molecule has 0 fully saturated rings. The van der Waals surface area contributed by atoms with Gasteiger partial charge in [-0.25, -0.2) is 4.79 Å². The second kappa shape index (κ2) is 15.7. The molecule has 0 aromatic heterocycles. The Bertz CT molecular complexity index is 759. The highest BCUT2D eigenvalue weighted by Gasteiger charge is 2.30. The second-order valence-corrected chi connectivity index (χ2v) is 8.42. The number of rotatable bonds is 16. The van der Waals surface area contributed by atoms with Gasteiger partial charge in [0.15, 0.2) is 5.96 Å². The van der Waals surface area contributed by atoms with Crippen LogP contribution in [0.15, 0.2) is 4.99 Å². The molecule has 15 heteroatoms. The molecule has 0 saturated heterocycles. The fourth-order valence-electron chi connectivity index (χ4n) is 2.80. The van der Waals surface area contributed by atoms with E-state index in [4.69, 9.17) is 22.9 Å². The van der Waals surface area contributed by atoms with Crippen molar-refractivity contribution in [3.05, 3.63) is 0 Å². The third-order valence-corrected chi connectivity index (χ3v) is 4.84. The largest absolute Gasteiger partial charge is 0.480 e. The quantitative estimate of drug-likeness (QED) is 0.0442. The van der Waals surface area contributed by atoms with Crippen LogP contribution in [0.25, 0.3) is 0 Å². The molecule has 0 aliphatic carbocycles. The van der Waals surface area contributed by atoms with Crippen molar-refractivity contribution in [2.75, 3.05) is 12.3 Å². The summed E-state index contributed by atoms with van der Waals surface area (Å²) in [4.78, 5) is 64.2. The monoisotopic (exact) mass is 504 g/mol. The molecule has 12 N–H and O–H groups in total. The SMILES string of the molecule is CC(C)CC(N)C(=O)NC(CS)C(=O)NC(CC(N)=O)C(=O)NC(CCCN=C(N)N)C(=O)O. The van der Waals surface area contributed by atoms with Crippen molar-refractivity contribution < 1.29 is 29.1 Å². The maximum atomic E-state index is 12.6. The van der Waals surface area contributed by atoms with Gasteiger partial charge in [0, 0.05) is 12.3 Å². The number of carbonyl (C=O) groups is 5. The molecule has 0 bridgehead atoms. The zero-order chi connectivity index (χ0) is 26.4. The van der Waals surface area contributed by atoms with Gasteiger partial charge in [0.2, 0.25) is 23.6 Å². The third-order valence-electron chi connectivity index (χ3n) is 4.48. The van der Waals surface area contributed by atoms with Crippen molar-refractivity contribution in [3.63, 3.8) is 0 Å². The minimum absolute atomic E-state index is 0.0157. The summed E-state index contributed by atoms with van der Waals surface area (Å²) in [6, 6.07) is -4.82. The van der Waals surface area contributed by atoms with Gasteiger partial charge in [-0.2, -0.15) is 12.6 Å². The minimum Gasteiger partial charge on any atom is -0.480 e. The standard InChI is InChI=1S/C19H36N8O6S/c1-9(2)6-10(20)15(29)27-13(8-34)17(31)26-12(7-14(21)28)16(30)25-11(18(32)33)4-3-5-24-19(22)23/h9-13,34H,3-8,20H2,1-2H3,(H2,21,28)(H,25,30)(H,26,31)(H,27,29)(H,32,33)(H4,22,23,24). The van der Waals surface area contributed by atoms with E-state index in [1.54, 1.807) is 0 Å². The number of carboxylic acid groups (broad SMARTS) is 1. The second-order valence-electron chi connectivity index (χ2n) is 8.06. The van der Waals surface area contributed by atoms with E-state index in [0.717, 1.165) is 0 Å². The van der Waals surface area contributed by atoms with Crippen LogP contribution < -0.4 is 38.9 Å². The maximum absolute atomic E-state index is 12.6. The van der Waals surface area contributed by atoms with E-state index in [1.807, 2.05) is 13.8 Å². The molecule has 0 radical (unpaired) electrons. The number of thiol groups is 1. The van der Waals surface area contributed by atoms with Gasteiger partial charge in [-0.1, -0.05) is 13.8 Å². The molecule has 0 aromatic carbocycles. The van der Waals surface area contributed by atoms with E-state index in [9.17, 15) is 29.1 Å². The summed E-state index contributed by atoms with van der Waals surface area (Å²) in [7, 11) is 0.